The van der Waals surface area contributed by atoms with Crippen LogP contribution in [0.1, 0.15) is 17.5 Å². The number of aryl methyl sites for hydroxylation is 1. The van der Waals surface area contributed by atoms with Crippen LogP contribution in [-0.4, -0.2) is 43.1 Å². The zero-order valence-electron chi connectivity index (χ0n) is 11.3. The lowest BCUT2D eigenvalue weighted by Crippen LogP contribution is -2.44. The number of aliphatic hydroxyl groups is 1. The zero-order valence-corrected chi connectivity index (χ0v) is 11.3. The first-order chi connectivity index (χ1) is 9.15. The maximum absolute atomic E-state index is 10.1. The first kappa shape index (κ1) is 12.9. The smallest absolute Gasteiger partial charge is 0.123 e. The van der Waals surface area contributed by atoms with Gasteiger partial charge in [-0.05, 0) is 18.6 Å². The minimum atomic E-state index is -0.692. The maximum Gasteiger partial charge on any atom is 0.123 e. The number of hydrogen-bond acceptors (Lipinski definition) is 4. The molecule has 2 heterocycles. The van der Waals surface area contributed by atoms with Crippen LogP contribution in [0.15, 0.2) is 18.2 Å². The summed E-state index contributed by atoms with van der Waals surface area (Å²) >= 11 is 0. The highest BCUT2D eigenvalue weighted by Crippen LogP contribution is 2.29. The van der Waals surface area contributed by atoms with Crippen molar-refractivity contribution in [2.45, 2.75) is 31.5 Å². The predicted octanol–water partition coefficient (Wildman–Crippen LogP) is 1.04. The van der Waals surface area contributed by atoms with Crippen LogP contribution in [0.25, 0.3) is 0 Å². The third kappa shape index (κ3) is 2.91. The van der Waals surface area contributed by atoms with E-state index in [1.165, 1.54) is 11.1 Å². The molecule has 4 heteroatoms. The van der Waals surface area contributed by atoms with Crippen molar-refractivity contribution in [3.05, 3.63) is 29.3 Å². The van der Waals surface area contributed by atoms with Crippen LogP contribution in [0.2, 0.25) is 0 Å². The van der Waals surface area contributed by atoms with Crippen LogP contribution >= 0.6 is 0 Å². The molecule has 2 N–H and O–H groups in total. The molecule has 1 aromatic rings. The zero-order chi connectivity index (χ0) is 13.3. The van der Waals surface area contributed by atoms with E-state index in [9.17, 15) is 5.11 Å². The summed E-state index contributed by atoms with van der Waals surface area (Å²) in [5.74, 6) is 1.00. The molecule has 2 aliphatic heterocycles. The van der Waals surface area contributed by atoms with Gasteiger partial charge < -0.3 is 19.9 Å². The third-order valence-corrected chi connectivity index (χ3v) is 3.87. The highest BCUT2D eigenvalue weighted by molar-refractivity contribution is 5.40. The molecule has 0 aliphatic carbocycles. The number of benzene rings is 1. The van der Waals surface area contributed by atoms with E-state index in [-0.39, 0.29) is 6.10 Å². The monoisotopic (exact) mass is 263 g/mol. The number of hydrogen-bond donors (Lipinski definition) is 2. The van der Waals surface area contributed by atoms with E-state index in [4.69, 9.17) is 9.47 Å². The molecule has 1 fully saturated rings. The molecule has 0 spiro atoms. The maximum atomic E-state index is 10.1. The molecule has 0 saturated carbocycles. The van der Waals surface area contributed by atoms with Crippen LogP contribution in [0.3, 0.4) is 0 Å². The Hall–Kier alpha value is -1.10. The number of rotatable bonds is 4. The van der Waals surface area contributed by atoms with Crippen LogP contribution < -0.4 is 10.1 Å². The quantitative estimate of drug-likeness (QED) is 0.852. The second kappa shape index (κ2) is 5.12. The van der Waals surface area contributed by atoms with Gasteiger partial charge >= 0.3 is 0 Å². The lowest BCUT2D eigenvalue weighted by Gasteiger charge is -2.22. The minimum Gasteiger partial charge on any atom is -0.488 e. The van der Waals surface area contributed by atoms with Crippen molar-refractivity contribution in [3.8, 4) is 5.75 Å². The summed E-state index contributed by atoms with van der Waals surface area (Å²) in [5.41, 5.74) is 1.87. The van der Waals surface area contributed by atoms with Gasteiger partial charge in [-0.2, -0.15) is 0 Å². The van der Waals surface area contributed by atoms with Gasteiger partial charge in [-0.3, -0.25) is 0 Å². The summed E-state index contributed by atoms with van der Waals surface area (Å²) < 4.78 is 11.1. The highest BCUT2D eigenvalue weighted by atomic mass is 16.5. The van der Waals surface area contributed by atoms with Gasteiger partial charge in [0.2, 0.25) is 0 Å². The van der Waals surface area contributed by atoms with Crippen molar-refractivity contribution in [3.63, 3.8) is 0 Å². The normalized spacial score (nSPS) is 29.3. The Labute approximate surface area is 113 Å². The molecule has 0 radical (unpaired) electrons. The lowest BCUT2D eigenvalue weighted by atomic mass is 10.0. The van der Waals surface area contributed by atoms with Crippen molar-refractivity contribution < 1.29 is 14.6 Å². The van der Waals surface area contributed by atoms with Gasteiger partial charge in [0.05, 0.1) is 6.61 Å². The summed E-state index contributed by atoms with van der Waals surface area (Å²) in [7, 11) is 0. The van der Waals surface area contributed by atoms with Gasteiger partial charge in [-0.25, -0.2) is 0 Å². The molecule has 3 rings (SSSR count). The van der Waals surface area contributed by atoms with Crippen molar-refractivity contribution in [2.24, 2.45) is 0 Å². The molecular formula is C15H21NO3. The summed E-state index contributed by atoms with van der Waals surface area (Å²) in [6.45, 7) is 4.52. The average molecular weight is 263 g/mol. The largest absolute Gasteiger partial charge is 0.488 e. The molecule has 4 nitrogen and oxygen atoms in total. The number of fused-ring (bicyclic) bond motifs is 1. The minimum absolute atomic E-state index is 0.169. The van der Waals surface area contributed by atoms with Crippen LogP contribution in [0.5, 0.6) is 5.75 Å². The standard InChI is InChI=1S/C15H21NO3/c1-11-2-3-14-12(6-11)7-13(19-14)8-16-9-15(17)4-5-18-10-15/h2-3,6,13,16-17H,4-5,7-10H2,1H3. The van der Waals surface area contributed by atoms with Crippen LogP contribution in [-0.2, 0) is 11.2 Å². The molecule has 2 unspecified atom stereocenters. The molecule has 0 amide bonds. The van der Waals surface area contributed by atoms with Crippen molar-refractivity contribution >= 4 is 0 Å². The lowest BCUT2D eigenvalue weighted by molar-refractivity contribution is 0.0255. The van der Waals surface area contributed by atoms with E-state index in [2.05, 4.69) is 24.4 Å². The molecule has 0 bridgehead atoms. The Bertz CT molecular complexity index is 455. The van der Waals surface area contributed by atoms with Gasteiger partial charge in [0.1, 0.15) is 17.5 Å². The van der Waals surface area contributed by atoms with Crippen LogP contribution in [0, 0.1) is 6.92 Å². The fourth-order valence-corrected chi connectivity index (χ4v) is 2.76. The summed E-state index contributed by atoms with van der Waals surface area (Å²) in [4.78, 5) is 0. The fraction of sp³-hybridized carbons (Fsp3) is 0.600. The van der Waals surface area contributed by atoms with Crippen molar-refractivity contribution in [1.29, 1.82) is 0 Å². The van der Waals surface area contributed by atoms with Crippen LogP contribution in [0.4, 0.5) is 0 Å². The van der Waals surface area contributed by atoms with Gasteiger partial charge in [0.15, 0.2) is 0 Å². The Morgan fingerprint density at radius 1 is 1.47 bits per heavy atom. The summed E-state index contributed by atoms with van der Waals surface area (Å²) in [6.07, 6.45) is 1.83. The van der Waals surface area contributed by atoms with E-state index in [0.717, 1.165) is 18.7 Å². The Kier molecular flexibility index (Phi) is 3.48. The highest BCUT2D eigenvalue weighted by Gasteiger charge is 2.32. The first-order valence-corrected chi connectivity index (χ1v) is 6.92. The predicted molar refractivity (Wildman–Crippen MR) is 72.6 cm³/mol. The fourth-order valence-electron chi connectivity index (χ4n) is 2.76. The van der Waals surface area contributed by atoms with E-state index >= 15 is 0 Å². The second-order valence-corrected chi connectivity index (χ2v) is 5.71. The number of ether oxygens (including phenoxy) is 2. The molecule has 104 valence electrons. The van der Waals surface area contributed by atoms with E-state index in [1.807, 2.05) is 6.07 Å². The molecule has 2 aliphatic rings. The van der Waals surface area contributed by atoms with Gasteiger partial charge in [-0.15, -0.1) is 0 Å². The van der Waals surface area contributed by atoms with E-state index < -0.39 is 5.60 Å². The molecule has 1 aromatic carbocycles. The molecule has 1 saturated heterocycles. The summed E-state index contributed by atoms with van der Waals surface area (Å²) in [5, 5.41) is 13.5. The molecule has 2 atom stereocenters. The molecular weight excluding hydrogens is 242 g/mol. The topological polar surface area (TPSA) is 50.7 Å². The second-order valence-electron chi connectivity index (χ2n) is 5.71. The SMILES string of the molecule is Cc1ccc2c(c1)CC(CNCC1(O)CCOC1)O2. The van der Waals surface area contributed by atoms with Crippen molar-refractivity contribution in [2.75, 3.05) is 26.3 Å². The Balaban J connectivity index is 1.48. The summed E-state index contributed by atoms with van der Waals surface area (Å²) in [6, 6.07) is 6.31. The third-order valence-electron chi connectivity index (χ3n) is 3.87. The van der Waals surface area contributed by atoms with Crippen molar-refractivity contribution in [1.82, 2.24) is 5.32 Å². The Morgan fingerprint density at radius 2 is 2.37 bits per heavy atom. The molecule has 0 aromatic heterocycles. The van der Waals surface area contributed by atoms with Gasteiger partial charge in [-0.1, -0.05) is 17.7 Å². The molecule has 19 heavy (non-hydrogen) atoms. The van der Waals surface area contributed by atoms with Gasteiger partial charge in [0, 0.05) is 32.5 Å². The number of nitrogens with one attached hydrogen (secondary N) is 1. The van der Waals surface area contributed by atoms with E-state index in [0.29, 0.717) is 26.2 Å². The average Bonchev–Trinajstić information content (AvgIpc) is 2.95. The Morgan fingerprint density at radius 3 is 3.16 bits per heavy atom. The van der Waals surface area contributed by atoms with Gasteiger partial charge in [0.25, 0.3) is 0 Å². The first-order valence-electron chi connectivity index (χ1n) is 6.92. The van der Waals surface area contributed by atoms with E-state index in [1.54, 1.807) is 0 Å².